The van der Waals surface area contributed by atoms with Crippen LogP contribution in [-0.2, 0) is 4.79 Å². The molecule has 0 atom stereocenters. The maximum atomic E-state index is 12.4. The van der Waals surface area contributed by atoms with Crippen LogP contribution in [0.1, 0.15) is 51.7 Å². The van der Waals surface area contributed by atoms with Gasteiger partial charge in [0.2, 0.25) is 0 Å². The third-order valence-electron chi connectivity index (χ3n) is 5.08. The van der Waals surface area contributed by atoms with Crippen LogP contribution in [0.5, 0.6) is 23.0 Å². The van der Waals surface area contributed by atoms with Crippen molar-refractivity contribution < 1.29 is 23.7 Å². The Labute approximate surface area is 203 Å². The lowest BCUT2D eigenvalue weighted by Crippen LogP contribution is -1.97. The summed E-state index contributed by atoms with van der Waals surface area (Å²) in [5.41, 5.74) is 1.67. The van der Waals surface area contributed by atoms with E-state index in [0.717, 1.165) is 35.5 Å². The molecule has 0 amide bonds. The maximum Gasteiger partial charge on any atom is 0.178 e. The number of ether oxygens (including phenoxy) is 4. The molecule has 0 fully saturated rings. The smallest absolute Gasteiger partial charge is 0.178 e. The van der Waals surface area contributed by atoms with Gasteiger partial charge in [0.25, 0.3) is 0 Å². The lowest BCUT2D eigenvalue weighted by atomic mass is 10.1. The summed E-state index contributed by atoms with van der Waals surface area (Å²) in [6.07, 6.45) is 12.0. The van der Waals surface area contributed by atoms with Crippen molar-refractivity contribution in [3.63, 3.8) is 0 Å². The molecule has 5 nitrogen and oxygen atoms in total. The minimum absolute atomic E-state index is 0.136. The average molecular weight is 463 g/mol. The summed E-state index contributed by atoms with van der Waals surface area (Å²) in [7, 11) is 3.19. The minimum atomic E-state index is -0.136. The molecule has 2 aromatic carbocycles. The Morgan fingerprint density at radius 2 is 1.12 bits per heavy atom. The number of benzene rings is 2. The molecule has 2 aromatic rings. The predicted molar refractivity (Wildman–Crippen MR) is 138 cm³/mol. The van der Waals surface area contributed by atoms with Gasteiger partial charge in [-0.1, -0.05) is 38.1 Å². The number of carbonyl (C=O) groups excluding carboxylic acids is 1. The molecule has 2 rings (SSSR count). The molecule has 0 N–H and O–H groups in total. The van der Waals surface area contributed by atoms with Crippen molar-refractivity contribution in [3.05, 3.63) is 83.3 Å². The van der Waals surface area contributed by atoms with E-state index < -0.39 is 0 Å². The number of hydrogen-bond donors (Lipinski definition) is 0. The van der Waals surface area contributed by atoms with Gasteiger partial charge >= 0.3 is 0 Å². The molecule has 0 bridgehead atoms. The van der Waals surface area contributed by atoms with E-state index in [9.17, 15) is 4.79 Å². The zero-order chi connectivity index (χ0) is 24.9. The Morgan fingerprint density at radius 1 is 0.706 bits per heavy atom. The van der Waals surface area contributed by atoms with E-state index in [4.69, 9.17) is 18.9 Å². The van der Waals surface area contributed by atoms with Gasteiger partial charge in [0.05, 0.1) is 25.7 Å². The van der Waals surface area contributed by atoms with Crippen LogP contribution in [0.3, 0.4) is 0 Å². The van der Waals surface area contributed by atoms with Crippen molar-refractivity contribution in [3.8, 4) is 23.0 Å². The Bertz CT molecular complexity index is 1000. The van der Waals surface area contributed by atoms with Crippen molar-refractivity contribution >= 4 is 17.9 Å². The molecule has 34 heavy (non-hydrogen) atoms. The normalized spacial score (nSPS) is 12.3. The summed E-state index contributed by atoms with van der Waals surface area (Å²) in [5, 5.41) is 0. The van der Waals surface area contributed by atoms with Crippen LogP contribution in [0.4, 0.5) is 0 Å². The number of rotatable bonds is 12. The highest BCUT2D eigenvalue weighted by Gasteiger charge is 2.08. The number of methoxy groups -OCH3 is 2. The van der Waals surface area contributed by atoms with Gasteiger partial charge in [-0.2, -0.15) is 0 Å². The molecule has 5 heteroatoms. The molecule has 0 aliphatic carbocycles. The van der Waals surface area contributed by atoms with Gasteiger partial charge < -0.3 is 18.9 Å². The average Bonchev–Trinajstić information content (AvgIpc) is 2.88. The number of allylic oxidation sites excluding steroid dienone is 6. The summed E-state index contributed by atoms with van der Waals surface area (Å²) < 4.78 is 22.6. The molecule has 0 saturated heterocycles. The highest BCUT2D eigenvalue weighted by Crippen LogP contribution is 2.31. The third kappa shape index (κ3) is 7.69. The first kappa shape index (κ1) is 26.5. The molecular weight excluding hydrogens is 428 g/mol. The summed E-state index contributed by atoms with van der Waals surface area (Å²) in [6.45, 7) is 7.93. The van der Waals surface area contributed by atoms with Gasteiger partial charge in [0, 0.05) is 12.8 Å². The Kier molecular flexibility index (Phi) is 10.7. The molecule has 180 valence electrons. The fourth-order valence-corrected chi connectivity index (χ4v) is 3.11. The van der Waals surface area contributed by atoms with Crippen LogP contribution >= 0.6 is 0 Å². The summed E-state index contributed by atoms with van der Waals surface area (Å²) >= 11 is 0. The molecule has 0 saturated carbocycles. The van der Waals surface area contributed by atoms with Crippen molar-refractivity contribution in [1.82, 2.24) is 0 Å². The molecular formula is C29H34O5. The first-order valence-electron chi connectivity index (χ1n) is 11.4. The number of ketones is 1. The van der Waals surface area contributed by atoms with E-state index in [2.05, 4.69) is 0 Å². The monoisotopic (exact) mass is 462 g/mol. The topological polar surface area (TPSA) is 54.0 Å². The molecule has 0 unspecified atom stereocenters. The molecule has 0 radical (unpaired) electrons. The Hall–Kier alpha value is -3.73. The van der Waals surface area contributed by atoms with Crippen molar-refractivity contribution in [2.45, 2.75) is 40.5 Å². The minimum Gasteiger partial charge on any atom is -0.493 e. The van der Waals surface area contributed by atoms with Gasteiger partial charge in [-0.05, 0) is 73.5 Å². The van der Waals surface area contributed by atoms with Crippen LogP contribution in [-0.4, -0.2) is 20.0 Å². The Balaban J connectivity index is 2.10. The molecule has 0 spiro atoms. The summed E-state index contributed by atoms with van der Waals surface area (Å²) in [6, 6.07) is 11.1. The second-order valence-electron chi connectivity index (χ2n) is 7.31. The van der Waals surface area contributed by atoms with Crippen molar-refractivity contribution in [1.29, 1.82) is 0 Å². The van der Waals surface area contributed by atoms with Gasteiger partial charge in [-0.15, -0.1) is 0 Å². The van der Waals surface area contributed by atoms with Gasteiger partial charge in [-0.3, -0.25) is 4.79 Å². The summed E-state index contributed by atoms with van der Waals surface area (Å²) in [4.78, 5) is 12.4. The van der Waals surface area contributed by atoms with Crippen molar-refractivity contribution in [2.75, 3.05) is 14.2 Å². The van der Waals surface area contributed by atoms with E-state index in [1.807, 2.05) is 76.2 Å². The first-order chi connectivity index (χ1) is 16.5. The second-order valence-corrected chi connectivity index (χ2v) is 7.31. The fraction of sp³-hybridized carbons (Fsp3) is 0.276. The van der Waals surface area contributed by atoms with E-state index in [0.29, 0.717) is 23.0 Å². The largest absolute Gasteiger partial charge is 0.493 e. The lowest BCUT2D eigenvalue weighted by molar-refractivity contribution is -0.110. The van der Waals surface area contributed by atoms with Crippen LogP contribution in [0.2, 0.25) is 0 Å². The van der Waals surface area contributed by atoms with E-state index >= 15 is 0 Å². The predicted octanol–water partition coefficient (Wildman–Crippen LogP) is 7.38. The van der Waals surface area contributed by atoms with Gasteiger partial charge in [0.1, 0.15) is 0 Å². The number of carbonyl (C=O) groups is 1. The zero-order valence-corrected chi connectivity index (χ0v) is 20.9. The quantitative estimate of drug-likeness (QED) is 0.243. The molecule has 0 heterocycles. The highest BCUT2D eigenvalue weighted by atomic mass is 16.5. The highest BCUT2D eigenvalue weighted by molar-refractivity contribution is 6.04. The van der Waals surface area contributed by atoms with Gasteiger partial charge in [-0.25, -0.2) is 0 Å². The second kappa shape index (κ2) is 13.7. The molecule has 0 aliphatic heterocycles. The van der Waals surface area contributed by atoms with Gasteiger partial charge in [0.15, 0.2) is 28.8 Å². The molecule has 0 aliphatic rings. The standard InChI is InChI=1S/C29H34O5/c1-7-24(8-2)33-26-17-13-21(19-28(26)31-5)11-15-23(30)16-12-22-14-18-27(29(20-22)32-6)34-25(9-3)10-4/h7,9,11-20H,8,10H2,1-6H3. The van der Waals surface area contributed by atoms with Crippen LogP contribution in [0.25, 0.3) is 12.2 Å². The SMILES string of the molecule is CC=C(CC)Oc1ccc(C=CC(=O)C=Cc2ccc(OC(=CC)CC)c(OC)c2)cc1OC. The van der Waals surface area contributed by atoms with Crippen LogP contribution in [0, 0.1) is 0 Å². The maximum absolute atomic E-state index is 12.4. The molecule has 0 aromatic heterocycles. The first-order valence-corrected chi connectivity index (χ1v) is 11.4. The fourth-order valence-electron chi connectivity index (χ4n) is 3.11. The van der Waals surface area contributed by atoms with Crippen molar-refractivity contribution in [2.24, 2.45) is 0 Å². The van der Waals surface area contributed by atoms with Crippen LogP contribution < -0.4 is 18.9 Å². The van der Waals surface area contributed by atoms with E-state index in [1.165, 1.54) is 12.2 Å². The number of hydrogen-bond acceptors (Lipinski definition) is 5. The zero-order valence-electron chi connectivity index (χ0n) is 20.9. The Morgan fingerprint density at radius 3 is 1.44 bits per heavy atom. The van der Waals surface area contributed by atoms with E-state index in [1.54, 1.807) is 26.4 Å². The third-order valence-corrected chi connectivity index (χ3v) is 5.08. The van der Waals surface area contributed by atoms with Crippen LogP contribution in [0.15, 0.2) is 72.2 Å². The van der Waals surface area contributed by atoms with E-state index in [-0.39, 0.29) is 5.78 Å². The summed E-state index contributed by atoms with van der Waals surface area (Å²) in [5.74, 6) is 4.10. The lowest BCUT2D eigenvalue weighted by Gasteiger charge is -2.12.